The van der Waals surface area contributed by atoms with Crippen molar-refractivity contribution in [2.75, 3.05) is 0 Å². The van der Waals surface area contributed by atoms with E-state index in [-0.39, 0.29) is 0 Å². The van der Waals surface area contributed by atoms with Gasteiger partial charge in [-0.25, -0.2) is 0 Å². The zero-order valence-electron chi connectivity index (χ0n) is 11.9. The topological polar surface area (TPSA) is 0 Å². The second-order valence-electron chi connectivity index (χ2n) is 4.80. The van der Waals surface area contributed by atoms with Gasteiger partial charge in [-0.2, -0.15) is 0 Å². The Morgan fingerprint density at radius 1 is 0.588 bits per heavy atom. The van der Waals surface area contributed by atoms with Crippen LogP contribution in [0.15, 0.2) is 50.6 Å². The smallest absolute Gasteiger partial charge is 0.0862 e. The van der Waals surface area contributed by atoms with Gasteiger partial charge in [-0.05, 0) is 27.7 Å². The van der Waals surface area contributed by atoms with Crippen molar-refractivity contribution in [1.29, 1.82) is 0 Å². The van der Waals surface area contributed by atoms with E-state index in [1.165, 1.54) is 0 Å². The number of hydrogen-bond donors (Lipinski definition) is 0. The average molecular weight is 251 g/mol. The van der Waals surface area contributed by atoms with E-state index in [0.29, 0.717) is 22.6 Å². The van der Waals surface area contributed by atoms with Crippen molar-refractivity contribution < 1.29 is 0 Å². The summed E-state index contributed by atoms with van der Waals surface area (Å²) in [7, 11) is -1.33. The SMILES string of the molecule is C=CC(C)[P+](C(C)C=C)(C(C)C=C)C(C)C=C. The van der Waals surface area contributed by atoms with Crippen LogP contribution in [0.5, 0.6) is 0 Å². The highest BCUT2D eigenvalue weighted by Gasteiger charge is 2.52. The first kappa shape index (κ1) is 16.4. The van der Waals surface area contributed by atoms with Gasteiger partial charge in [-0.15, -0.1) is 0 Å². The minimum absolute atomic E-state index is 0.497. The van der Waals surface area contributed by atoms with E-state index >= 15 is 0 Å². The standard InChI is InChI=1S/C16H28P/c1-9-13(5)17(14(6)10-2,15(7)11-3)16(8)12-4/h9-16H,1-4H2,5-8H3/q+1. The second-order valence-corrected chi connectivity index (χ2v) is 9.85. The van der Waals surface area contributed by atoms with Crippen molar-refractivity contribution in [2.24, 2.45) is 0 Å². The van der Waals surface area contributed by atoms with Gasteiger partial charge in [0.05, 0.1) is 22.6 Å². The van der Waals surface area contributed by atoms with Gasteiger partial charge in [0.15, 0.2) is 0 Å². The zero-order valence-corrected chi connectivity index (χ0v) is 12.8. The summed E-state index contributed by atoms with van der Waals surface area (Å²) in [5.74, 6) is 0. The minimum Gasteiger partial charge on any atom is -0.0992 e. The zero-order chi connectivity index (χ0) is 13.6. The van der Waals surface area contributed by atoms with Crippen LogP contribution in [-0.4, -0.2) is 22.6 Å². The summed E-state index contributed by atoms with van der Waals surface area (Å²) >= 11 is 0. The maximum absolute atomic E-state index is 4.00. The van der Waals surface area contributed by atoms with E-state index in [9.17, 15) is 0 Å². The molecular weight excluding hydrogens is 223 g/mol. The van der Waals surface area contributed by atoms with Crippen LogP contribution in [0.4, 0.5) is 0 Å². The van der Waals surface area contributed by atoms with Gasteiger partial charge in [-0.1, -0.05) is 50.6 Å². The quantitative estimate of drug-likeness (QED) is 0.405. The van der Waals surface area contributed by atoms with Crippen molar-refractivity contribution in [1.82, 2.24) is 0 Å². The Kier molecular flexibility index (Phi) is 6.72. The second kappa shape index (κ2) is 6.97. The Balaban J connectivity index is 5.84. The third-order valence-corrected chi connectivity index (χ3v) is 10.7. The molecule has 0 amide bonds. The van der Waals surface area contributed by atoms with E-state index in [2.05, 4.69) is 78.3 Å². The molecule has 0 aromatic heterocycles. The molecule has 0 nitrogen and oxygen atoms in total. The van der Waals surface area contributed by atoms with Crippen LogP contribution in [0.25, 0.3) is 0 Å². The molecule has 0 rings (SSSR count). The lowest BCUT2D eigenvalue weighted by atomic mass is 10.4. The Hall–Kier alpha value is -0.610. The average Bonchev–Trinajstić information content (AvgIpc) is 2.37. The predicted octanol–water partition coefficient (Wildman–Crippen LogP) is 5.30. The molecule has 0 N–H and O–H groups in total. The van der Waals surface area contributed by atoms with Crippen LogP contribution in [0.3, 0.4) is 0 Å². The molecule has 0 bridgehead atoms. The summed E-state index contributed by atoms with van der Waals surface area (Å²) in [4.78, 5) is 0. The molecular formula is C16H28P+. The highest BCUT2D eigenvalue weighted by atomic mass is 31.2. The van der Waals surface area contributed by atoms with Gasteiger partial charge in [0.25, 0.3) is 0 Å². The lowest BCUT2D eigenvalue weighted by molar-refractivity contribution is 0.977. The van der Waals surface area contributed by atoms with Gasteiger partial charge < -0.3 is 0 Å². The van der Waals surface area contributed by atoms with E-state index in [1.54, 1.807) is 0 Å². The molecule has 1 heteroatoms. The van der Waals surface area contributed by atoms with Gasteiger partial charge in [0.2, 0.25) is 0 Å². The highest BCUT2D eigenvalue weighted by Crippen LogP contribution is 2.74. The first-order chi connectivity index (χ1) is 7.93. The molecule has 0 aliphatic heterocycles. The Morgan fingerprint density at radius 3 is 0.882 bits per heavy atom. The van der Waals surface area contributed by atoms with Crippen LogP contribution in [0.1, 0.15) is 27.7 Å². The fourth-order valence-electron chi connectivity index (χ4n) is 2.96. The maximum Gasteiger partial charge on any atom is 0.0862 e. The number of allylic oxidation sites excluding steroid dienone is 4. The third kappa shape index (κ3) is 2.80. The molecule has 0 saturated carbocycles. The first-order valence-corrected chi connectivity index (χ1v) is 8.37. The lowest BCUT2D eigenvalue weighted by Crippen LogP contribution is -2.31. The molecule has 0 aromatic carbocycles. The molecule has 0 fully saturated rings. The third-order valence-electron chi connectivity index (χ3n) is 4.19. The first-order valence-electron chi connectivity index (χ1n) is 6.31. The molecule has 4 atom stereocenters. The van der Waals surface area contributed by atoms with Gasteiger partial charge >= 0.3 is 0 Å². The summed E-state index contributed by atoms with van der Waals surface area (Å²) in [5.41, 5.74) is 1.99. The van der Waals surface area contributed by atoms with Crippen molar-refractivity contribution in [3.63, 3.8) is 0 Å². The minimum atomic E-state index is -1.33. The fraction of sp³-hybridized carbons (Fsp3) is 0.500. The highest BCUT2D eigenvalue weighted by molar-refractivity contribution is 7.79. The van der Waals surface area contributed by atoms with Gasteiger partial charge in [-0.3, -0.25) is 0 Å². The summed E-state index contributed by atoms with van der Waals surface area (Å²) in [5, 5.41) is 0. The fourth-order valence-corrected chi connectivity index (χ4v) is 8.87. The molecule has 0 aliphatic carbocycles. The summed E-state index contributed by atoms with van der Waals surface area (Å²) in [6.45, 7) is 25.1. The molecule has 17 heavy (non-hydrogen) atoms. The summed E-state index contributed by atoms with van der Waals surface area (Å²) in [6, 6.07) is 0. The normalized spacial score (nSPS) is 21.4. The molecule has 0 heterocycles. The van der Waals surface area contributed by atoms with Crippen molar-refractivity contribution in [3.8, 4) is 0 Å². The van der Waals surface area contributed by atoms with E-state index < -0.39 is 7.26 Å². The molecule has 0 radical (unpaired) electrons. The van der Waals surface area contributed by atoms with Crippen molar-refractivity contribution in [2.45, 2.75) is 50.3 Å². The van der Waals surface area contributed by atoms with E-state index in [1.807, 2.05) is 0 Å². The van der Waals surface area contributed by atoms with E-state index in [0.717, 1.165) is 0 Å². The lowest BCUT2D eigenvalue weighted by Gasteiger charge is -2.42. The van der Waals surface area contributed by atoms with Crippen molar-refractivity contribution in [3.05, 3.63) is 50.6 Å². The molecule has 96 valence electrons. The van der Waals surface area contributed by atoms with E-state index in [4.69, 9.17) is 0 Å². The molecule has 0 spiro atoms. The largest absolute Gasteiger partial charge is 0.0992 e. The Morgan fingerprint density at radius 2 is 0.765 bits per heavy atom. The van der Waals surface area contributed by atoms with Crippen LogP contribution >= 0.6 is 7.26 Å². The Bertz CT molecular complexity index is 228. The van der Waals surface area contributed by atoms with Crippen LogP contribution in [0.2, 0.25) is 0 Å². The monoisotopic (exact) mass is 251 g/mol. The predicted molar refractivity (Wildman–Crippen MR) is 85.6 cm³/mol. The van der Waals surface area contributed by atoms with Gasteiger partial charge in [0.1, 0.15) is 0 Å². The summed E-state index contributed by atoms with van der Waals surface area (Å²) in [6.07, 6.45) is 8.36. The van der Waals surface area contributed by atoms with Gasteiger partial charge in [0, 0.05) is 7.26 Å². The number of rotatable bonds is 8. The molecule has 0 saturated heterocycles. The molecule has 0 aliphatic rings. The number of hydrogen-bond acceptors (Lipinski definition) is 0. The Labute approximate surface area is 109 Å². The van der Waals surface area contributed by atoms with Crippen LogP contribution < -0.4 is 0 Å². The van der Waals surface area contributed by atoms with Crippen LogP contribution in [-0.2, 0) is 0 Å². The van der Waals surface area contributed by atoms with Crippen molar-refractivity contribution >= 4 is 7.26 Å². The maximum atomic E-state index is 4.00. The molecule has 0 aromatic rings. The summed E-state index contributed by atoms with van der Waals surface area (Å²) < 4.78 is 0. The van der Waals surface area contributed by atoms with Crippen LogP contribution in [0, 0.1) is 0 Å². The molecule has 4 unspecified atom stereocenters.